The molecule has 1 aliphatic heterocycles. The third-order valence-electron chi connectivity index (χ3n) is 2.37. The molecule has 0 unspecified atom stereocenters. The van der Waals surface area contributed by atoms with Gasteiger partial charge in [0.2, 0.25) is 5.78 Å². The maximum absolute atomic E-state index is 10.8. The molecule has 0 aliphatic carbocycles. The first-order valence-electron chi connectivity index (χ1n) is 4.37. The number of rotatable bonds is 2. The van der Waals surface area contributed by atoms with Gasteiger partial charge < -0.3 is 0 Å². The highest BCUT2D eigenvalue weighted by atomic mass is 16.1. The Morgan fingerprint density at radius 3 is 2.67 bits per heavy atom. The summed E-state index contributed by atoms with van der Waals surface area (Å²) in [7, 11) is 0. The molecule has 1 aliphatic rings. The van der Waals surface area contributed by atoms with Gasteiger partial charge in [0, 0.05) is 0 Å². The van der Waals surface area contributed by atoms with Gasteiger partial charge in [0.1, 0.15) is 6.07 Å². The van der Waals surface area contributed by atoms with Crippen molar-refractivity contribution in [1.82, 2.24) is 4.90 Å². The lowest BCUT2D eigenvalue weighted by atomic mass is 9.99. The van der Waals surface area contributed by atoms with E-state index in [1.807, 2.05) is 0 Å². The van der Waals surface area contributed by atoms with Gasteiger partial charge in [-0.3, -0.25) is 9.69 Å². The standard InChI is InChI=1S/C9H14N2O/c1-8-2-4-11(5-3-8)7-9(12)6-10/h8H,2-5,7H2,1H3. The van der Waals surface area contributed by atoms with Gasteiger partial charge in [-0.15, -0.1) is 0 Å². The van der Waals surface area contributed by atoms with E-state index in [0.29, 0.717) is 6.54 Å². The number of carbonyl (C=O) groups excluding carboxylic acids is 1. The highest BCUT2D eigenvalue weighted by Crippen LogP contribution is 2.15. The van der Waals surface area contributed by atoms with Gasteiger partial charge in [-0.25, -0.2) is 0 Å². The van der Waals surface area contributed by atoms with Gasteiger partial charge in [0.05, 0.1) is 6.54 Å². The molecular weight excluding hydrogens is 152 g/mol. The van der Waals surface area contributed by atoms with Crippen molar-refractivity contribution < 1.29 is 4.79 Å². The van der Waals surface area contributed by atoms with Crippen molar-refractivity contribution in [3.05, 3.63) is 0 Å². The molecule has 1 rings (SSSR count). The van der Waals surface area contributed by atoms with Crippen molar-refractivity contribution >= 4 is 5.78 Å². The van der Waals surface area contributed by atoms with E-state index in [1.165, 1.54) is 0 Å². The monoisotopic (exact) mass is 166 g/mol. The first kappa shape index (κ1) is 9.21. The fraction of sp³-hybridized carbons (Fsp3) is 0.778. The number of ketones is 1. The van der Waals surface area contributed by atoms with E-state index in [1.54, 1.807) is 6.07 Å². The fourth-order valence-corrected chi connectivity index (χ4v) is 1.46. The Balaban J connectivity index is 2.27. The van der Waals surface area contributed by atoms with E-state index < -0.39 is 0 Å². The van der Waals surface area contributed by atoms with E-state index in [4.69, 9.17) is 5.26 Å². The molecule has 0 N–H and O–H groups in total. The lowest BCUT2D eigenvalue weighted by Gasteiger charge is -2.28. The molecule has 1 fully saturated rings. The molecule has 0 radical (unpaired) electrons. The quantitative estimate of drug-likeness (QED) is 0.570. The maximum Gasteiger partial charge on any atom is 0.245 e. The number of nitriles is 1. The normalized spacial score (nSPS) is 20.3. The van der Waals surface area contributed by atoms with E-state index >= 15 is 0 Å². The van der Waals surface area contributed by atoms with Crippen LogP contribution in [0.3, 0.4) is 0 Å². The van der Waals surface area contributed by atoms with E-state index in [9.17, 15) is 4.79 Å². The highest BCUT2D eigenvalue weighted by molar-refractivity contribution is 5.94. The Hall–Kier alpha value is -0.880. The minimum absolute atomic E-state index is 0.315. The summed E-state index contributed by atoms with van der Waals surface area (Å²) in [5.74, 6) is 0.461. The molecule has 0 atom stereocenters. The summed E-state index contributed by atoms with van der Waals surface area (Å²) in [5.41, 5.74) is 0. The predicted octanol–water partition coefficient (Wildman–Crippen LogP) is 0.811. The third kappa shape index (κ3) is 2.63. The largest absolute Gasteiger partial charge is 0.295 e. The van der Waals surface area contributed by atoms with Crippen LogP contribution >= 0.6 is 0 Å². The van der Waals surface area contributed by atoms with Crippen molar-refractivity contribution in [1.29, 1.82) is 5.26 Å². The third-order valence-corrected chi connectivity index (χ3v) is 2.37. The van der Waals surface area contributed by atoms with Crippen molar-refractivity contribution in [2.75, 3.05) is 19.6 Å². The van der Waals surface area contributed by atoms with Crippen LogP contribution in [0.4, 0.5) is 0 Å². The number of hydrogen-bond acceptors (Lipinski definition) is 3. The van der Waals surface area contributed by atoms with Crippen molar-refractivity contribution in [3.8, 4) is 6.07 Å². The van der Waals surface area contributed by atoms with Gasteiger partial charge in [-0.05, 0) is 31.8 Å². The zero-order chi connectivity index (χ0) is 8.97. The van der Waals surface area contributed by atoms with Crippen LogP contribution in [0.15, 0.2) is 0 Å². The van der Waals surface area contributed by atoms with Crippen molar-refractivity contribution in [2.45, 2.75) is 19.8 Å². The summed E-state index contributed by atoms with van der Waals surface area (Å²) < 4.78 is 0. The fourth-order valence-electron chi connectivity index (χ4n) is 1.46. The van der Waals surface area contributed by atoms with Gasteiger partial charge in [0.15, 0.2) is 0 Å². The molecule has 3 heteroatoms. The Kier molecular flexibility index (Phi) is 3.24. The molecule has 0 spiro atoms. The van der Waals surface area contributed by atoms with Gasteiger partial charge in [-0.1, -0.05) is 6.92 Å². The number of carbonyl (C=O) groups is 1. The Bertz CT molecular complexity index is 199. The average Bonchev–Trinajstić information content (AvgIpc) is 2.09. The molecule has 0 saturated carbocycles. The molecule has 0 aromatic carbocycles. The predicted molar refractivity (Wildman–Crippen MR) is 45.5 cm³/mol. The average molecular weight is 166 g/mol. The molecule has 1 saturated heterocycles. The van der Waals surface area contributed by atoms with Gasteiger partial charge >= 0.3 is 0 Å². The van der Waals surface area contributed by atoms with Crippen LogP contribution in [-0.2, 0) is 4.79 Å². The molecule has 1 heterocycles. The zero-order valence-corrected chi connectivity index (χ0v) is 7.42. The highest BCUT2D eigenvalue weighted by Gasteiger charge is 2.17. The first-order chi connectivity index (χ1) is 5.72. The Labute approximate surface area is 73.0 Å². The van der Waals surface area contributed by atoms with Gasteiger partial charge in [0.25, 0.3) is 0 Å². The van der Waals surface area contributed by atoms with Crippen molar-refractivity contribution in [3.63, 3.8) is 0 Å². The molecular formula is C9H14N2O. The van der Waals surface area contributed by atoms with Crippen LogP contribution in [0.2, 0.25) is 0 Å². The summed E-state index contributed by atoms with van der Waals surface area (Å²) in [6, 6.07) is 1.64. The molecule has 0 bridgehead atoms. The lowest BCUT2D eigenvalue weighted by Crippen LogP contribution is -2.36. The van der Waals surface area contributed by atoms with E-state index in [-0.39, 0.29) is 5.78 Å². The zero-order valence-electron chi connectivity index (χ0n) is 7.42. The topological polar surface area (TPSA) is 44.1 Å². The number of Topliss-reactive ketones (excluding diaryl/α,β-unsaturated/α-hetero) is 1. The van der Waals surface area contributed by atoms with Crippen LogP contribution < -0.4 is 0 Å². The van der Waals surface area contributed by atoms with Crippen LogP contribution in [0.1, 0.15) is 19.8 Å². The van der Waals surface area contributed by atoms with E-state index in [2.05, 4.69) is 11.8 Å². The van der Waals surface area contributed by atoms with Gasteiger partial charge in [-0.2, -0.15) is 5.26 Å². The van der Waals surface area contributed by atoms with Crippen molar-refractivity contribution in [2.24, 2.45) is 5.92 Å². The number of piperidine rings is 1. The SMILES string of the molecule is CC1CCN(CC(=O)C#N)CC1. The second kappa shape index (κ2) is 4.22. The number of hydrogen-bond donors (Lipinski definition) is 0. The summed E-state index contributed by atoms with van der Waals surface area (Å²) >= 11 is 0. The number of likely N-dealkylation sites (tertiary alicyclic amines) is 1. The van der Waals surface area contributed by atoms with Crippen LogP contribution in [0.5, 0.6) is 0 Å². The first-order valence-corrected chi connectivity index (χ1v) is 4.37. The summed E-state index contributed by atoms with van der Waals surface area (Å²) in [4.78, 5) is 12.8. The maximum atomic E-state index is 10.8. The second-order valence-electron chi connectivity index (χ2n) is 3.49. The second-order valence-corrected chi connectivity index (χ2v) is 3.49. The molecule has 3 nitrogen and oxygen atoms in total. The summed E-state index contributed by atoms with van der Waals surface area (Å²) in [6.45, 7) is 4.48. The summed E-state index contributed by atoms with van der Waals surface area (Å²) in [6.07, 6.45) is 2.30. The lowest BCUT2D eigenvalue weighted by molar-refractivity contribution is -0.115. The molecule has 0 aromatic rings. The molecule has 12 heavy (non-hydrogen) atoms. The molecule has 0 aromatic heterocycles. The Morgan fingerprint density at radius 1 is 1.58 bits per heavy atom. The summed E-state index contributed by atoms with van der Waals surface area (Å²) in [5, 5.41) is 8.29. The van der Waals surface area contributed by atoms with Crippen LogP contribution in [-0.4, -0.2) is 30.3 Å². The van der Waals surface area contributed by atoms with Crippen LogP contribution in [0.25, 0.3) is 0 Å². The molecule has 0 amide bonds. The van der Waals surface area contributed by atoms with Crippen LogP contribution in [0, 0.1) is 17.2 Å². The number of nitrogens with zero attached hydrogens (tertiary/aromatic N) is 2. The Morgan fingerprint density at radius 2 is 2.17 bits per heavy atom. The molecule has 66 valence electrons. The minimum atomic E-state index is -0.315. The van der Waals surface area contributed by atoms with E-state index in [0.717, 1.165) is 31.8 Å². The minimum Gasteiger partial charge on any atom is -0.295 e. The smallest absolute Gasteiger partial charge is 0.245 e.